The second kappa shape index (κ2) is 9.43. The molecular weight excluding hydrogens is 422 g/mol. The van der Waals surface area contributed by atoms with E-state index in [9.17, 15) is 0 Å². The van der Waals surface area contributed by atoms with E-state index in [4.69, 9.17) is 15.2 Å². The molecule has 2 heterocycles. The number of hydrogen-bond acceptors (Lipinski definition) is 8. The summed E-state index contributed by atoms with van der Waals surface area (Å²) in [4.78, 5) is 4.08. The van der Waals surface area contributed by atoms with Gasteiger partial charge in [-0.05, 0) is 35.9 Å². The summed E-state index contributed by atoms with van der Waals surface area (Å²) < 4.78 is 11.1. The number of nitrogens with zero attached hydrogens (tertiary/aromatic N) is 3. The zero-order valence-corrected chi connectivity index (χ0v) is 18.0. The lowest BCUT2D eigenvalue weighted by Gasteiger charge is -2.15. The van der Waals surface area contributed by atoms with Crippen LogP contribution in [0.5, 0.6) is 11.5 Å². The molecule has 0 radical (unpaired) electrons. The van der Waals surface area contributed by atoms with Crippen molar-refractivity contribution in [2.24, 2.45) is 0 Å². The first-order valence-corrected chi connectivity index (χ1v) is 9.63. The van der Waals surface area contributed by atoms with Gasteiger partial charge in [0, 0.05) is 29.1 Å². The minimum Gasteiger partial charge on any atom is -0.497 e. The molecule has 0 saturated carbocycles. The molecule has 154 valence electrons. The van der Waals surface area contributed by atoms with E-state index >= 15 is 0 Å². The Morgan fingerprint density at radius 3 is 2.47 bits per heavy atom. The fraction of sp³-hybridized carbons (Fsp3) is 0.0952. The fourth-order valence-corrected chi connectivity index (χ4v) is 3.75. The number of rotatable bonds is 6. The van der Waals surface area contributed by atoms with E-state index in [1.165, 1.54) is 11.3 Å². The Bertz CT molecular complexity index is 1140. The number of aromatic nitrogens is 3. The van der Waals surface area contributed by atoms with Crippen LogP contribution in [0.1, 0.15) is 0 Å². The largest absolute Gasteiger partial charge is 0.497 e. The standard InChI is InChI=1S/C21H19N5O2S.ClH/c1-27-15-11-16(19(17(12-15)28-2)13-8-9-23-18(22)10-13)20-25-26-21(29-20)24-14-6-4-3-5-7-14;/h3-12H,1-2H3,(H2,22,23)(H,24,26);1H. The molecule has 0 fully saturated rings. The van der Waals surface area contributed by atoms with E-state index in [-0.39, 0.29) is 12.4 Å². The second-order valence-corrected chi connectivity index (χ2v) is 7.10. The first-order valence-electron chi connectivity index (χ1n) is 8.82. The summed E-state index contributed by atoms with van der Waals surface area (Å²) >= 11 is 1.44. The van der Waals surface area contributed by atoms with E-state index in [2.05, 4.69) is 20.5 Å². The van der Waals surface area contributed by atoms with Crippen molar-refractivity contribution in [2.75, 3.05) is 25.3 Å². The SMILES string of the molecule is COc1cc(OC)c(-c2ccnc(N)c2)c(-c2nnc(Nc3ccccc3)s2)c1.Cl. The lowest BCUT2D eigenvalue weighted by atomic mass is 9.99. The number of anilines is 3. The number of ether oxygens (including phenoxy) is 2. The number of pyridine rings is 1. The molecule has 3 N–H and O–H groups in total. The number of nitrogen functional groups attached to an aromatic ring is 1. The second-order valence-electron chi connectivity index (χ2n) is 6.12. The summed E-state index contributed by atoms with van der Waals surface area (Å²) in [5.41, 5.74) is 9.42. The van der Waals surface area contributed by atoms with Gasteiger partial charge in [-0.3, -0.25) is 0 Å². The Kier molecular flexibility index (Phi) is 6.71. The summed E-state index contributed by atoms with van der Waals surface area (Å²) in [5.74, 6) is 1.74. The lowest BCUT2D eigenvalue weighted by Crippen LogP contribution is -1.96. The van der Waals surface area contributed by atoms with Crippen LogP contribution < -0.4 is 20.5 Å². The Balaban J connectivity index is 0.00000256. The molecule has 9 heteroatoms. The molecule has 30 heavy (non-hydrogen) atoms. The molecule has 4 rings (SSSR count). The van der Waals surface area contributed by atoms with Gasteiger partial charge in [-0.1, -0.05) is 29.5 Å². The molecule has 0 spiro atoms. The van der Waals surface area contributed by atoms with Gasteiger partial charge in [0.25, 0.3) is 0 Å². The van der Waals surface area contributed by atoms with Crippen molar-refractivity contribution in [2.45, 2.75) is 0 Å². The van der Waals surface area contributed by atoms with Crippen molar-refractivity contribution in [3.63, 3.8) is 0 Å². The molecular formula is C21H20ClN5O2S. The van der Waals surface area contributed by atoms with Crippen molar-refractivity contribution < 1.29 is 9.47 Å². The van der Waals surface area contributed by atoms with Gasteiger partial charge in [0.05, 0.1) is 14.2 Å². The van der Waals surface area contributed by atoms with E-state index in [1.807, 2.05) is 48.5 Å². The van der Waals surface area contributed by atoms with Gasteiger partial charge in [-0.25, -0.2) is 4.98 Å². The average molecular weight is 442 g/mol. The van der Waals surface area contributed by atoms with E-state index in [0.29, 0.717) is 22.4 Å². The summed E-state index contributed by atoms with van der Waals surface area (Å²) in [6, 6.07) is 17.3. The Morgan fingerprint density at radius 1 is 0.967 bits per heavy atom. The van der Waals surface area contributed by atoms with Gasteiger partial charge in [-0.2, -0.15) is 0 Å². The molecule has 2 aromatic heterocycles. The minimum absolute atomic E-state index is 0. The summed E-state index contributed by atoms with van der Waals surface area (Å²) in [5, 5.41) is 13.4. The number of methoxy groups -OCH3 is 2. The van der Waals surface area contributed by atoms with Crippen LogP contribution in [0, 0.1) is 0 Å². The third-order valence-electron chi connectivity index (χ3n) is 4.28. The summed E-state index contributed by atoms with van der Waals surface area (Å²) in [7, 11) is 3.24. The third kappa shape index (κ3) is 4.45. The normalized spacial score (nSPS) is 10.2. The predicted octanol–water partition coefficient (Wildman–Crippen LogP) is 5.03. The van der Waals surface area contributed by atoms with Gasteiger partial charge in [-0.15, -0.1) is 22.6 Å². The summed E-state index contributed by atoms with van der Waals surface area (Å²) in [6.45, 7) is 0. The molecule has 7 nitrogen and oxygen atoms in total. The number of nitrogens with two attached hydrogens (primary N) is 1. The van der Waals surface area contributed by atoms with Crippen molar-refractivity contribution in [1.29, 1.82) is 0 Å². The van der Waals surface area contributed by atoms with Gasteiger partial charge in [0.1, 0.15) is 22.3 Å². The minimum atomic E-state index is 0. The highest BCUT2D eigenvalue weighted by molar-refractivity contribution is 7.18. The first-order chi connectivity index (χ1) is 14.2. The van der Waals surface area contributed by atoms with Crippen LogP contribution in [-0.2, 0) is 0 Å². The van der Waals surface area contributed by atoms with Gasteiger partial charge >= 0.3 is 0 Å². The van der Waals surface area contributed by atoms with Gasteiger partial charge < -0.3 is 20.5 Å². The molecule has 4 aromatic rings. The maximum atomic E-state index is 5.91. The van der Waals surface area contributed by atoms with E-state index in [1.54, 1.807) is 26.5 Å². The fourth-order valence-electron chi connectivity index (χ4n) is 2.97. The number of para-hydroxylation sites is 1. The molecule has 0 atom stereocenters. The molecule has 0 saturated heterocycles. The maximum absolute atomic E-state index is 5.91. The maximum Gasteiger partial charge on any atom is 0.210 e. The molecule has 0 aliphatic heterocycles. The number of hydrogen-bond donors (Lipinski definition) is 2. The molecule has 0 unspecified atom stereocenters. The molecule has 0 aliphatic rings. The molecule has 0 bridgehead atoms. The Morgan fingerprint density at radius 2 is 1.77 bits per heavy atom. The molecule has 0 amide bonds. The van der Waals surface area contributed by atoms with Crippen molar-refractivity contribution in [1.82, 2.24) is 15.2 Å². The van der Waals surface area contributed by atoms with E-state index < -0.39 is 0 Å². The van der Waals surface area contributed by atoms with Crippen LogP contribution in [0.2, 0.25) is 0 Å². The monoisotopic (exact) mass is 441 g/mol. The van der Waals surface area contributed by atoms with Crippen LogP contribution in [0.25, 0.3) is 21.7 Å². The Hall–Kier alpha value is -3.36. The number of nitrogens with one attached hydrogen (secondary N) is 1. The van der Waals surface area contributed by atoms with Gasteiger partial charge in [0.15, 0.2) is 0 Å². The van der Waals surface area contributed by atoms with Crippen LogP contribution in [-0.4, -0.2) is 29.4 Å². The summed E-state index contributed by atoms with van der Waals surface area (Å²) in [6.07, 6.45) is 1.67. The quantitative estimate of drug-likeness (QED) is 0.433. The van der Waals surface area contributed by atoms with Crippen LogP contribution in [0.15, 0.2) is 60.8 Å². The van der Waals surface area contributed by atoms with Crippen molar-refractivity contribution in [3.8, 4) is 33.2 Å². The van der Waals surface area contributed by atoms with Crippen LogP contribution in [0.4, 0.5) is 16.6 Å². The highest BCUT2D eigenvalue weighted by Crippen LogP contribution is 2.44. The first kappa shape index (κ1) is 21.4. The third-order valence-corrected chi connectivity index (χ3v) is 5.15. The van der Waals surface area contributed by atoms with Crippen molar-refractivity contribution >= 4 is 40.4 Å². The van der Waals surface area contributed by atoms with Crippen LogP contribution in [0.3, 0.4) is 0 Å². The zero-order valence-electron chi connectivity index (χ0n) is 16.3. The number of benzene rings is 2. The van der Waals surface area contributed by atoms with Crippen LogP contribution >= 0.6 is 23.7 Å². The highest BCUT2D eigenvalue weighted by atomic mass is 35.5. The lowest BCUT2D eigenvalue weighted by molar-refractivity contribution is 0.395. The molecule has 0 aliphatic carbocycles. The topological polar surface area (TPSA) is 95.2 Å². The smallest absolute Gasteiger partial charge is 0.210 e. The van der Waals surface area contributed by atoms with Crippen molar-refractivity contribution in [3.05, 3.63) is 60.8 Å². The highest BCUT2D eigenvalue weighted by Gasteiger charge is 2.19. The number of halogens is 1. The average Bonchev–Trinajstić information content (AvgIpc) is 3.21. The predicted molar refractivity (Wildman–Crippen MR) is 123 cm³/mol. The zero-order chi connectivity index (χ0) is 20.2. The Labute approximate surface area is 184 Å². The van der Waals surface area contributed by atoms with Gasteiger partial charge in [0.2, 0.25) is 5.13 Å². The molecule has 2 aromatic carbocycles. The van der Waals surface area contributed by atoms with E-state index in [0.717, 1.165) is 27.4 Å².